The highest BCUT2D eigenvalue weighted by atomic mass is 35.5. The SMILES string of the molecule is CC(=O)c1nnc2cc(OC(C)(C)C)c(NC(=O)CCCCCC3CCCC3)cc2c1Nc1ccc(Cl)c(Cl)c1. The zero-order valence-corrected chi connectivity index (χ0v) is 25.2. The van der Waals surface area contributed by atoms with Gasteiger partial charge in [-0.2, -0.15) is 0 Å². The molecule has 1 amide bonds. The molecule has 1 aliphatic carbocycles. The molecule has 0 spiro atoms. The molecule has 1 saturated carbocycles. The highest BCUT2D eigenvalue weighted by Gasteiger charge is 2.22. The standard InChI is InChI=1S/C31H38Cl2N4O3/c1-19(38)29-30(34-21-14-15-23(32)24(33)16-21)22-17-26(27(40-31(2,3)4)18-25(22)36-37-29)35-28(39)13-7-5-6-10-20-11-8-9-12-20/h14-18,20H,5-13H2,1-4H3,(H,34,36)(H,35,39). The molecule has 7 nitrogen and oxygen atoms in total. The van der Waals surface area contributed by atoms with Gasteiger partial charge in [0.15, 0.2) is 11.5 Å². The molecular weight excluding hydrogens is 547 g/mol. The molecule has 214 valence electrons. The molecule has 0 bridgehead atoms. The van der Waals surface area contributed by atoms with Gasteiger partial charge in [0.2, 0.25) is 5.91 Å². The average Bonchev–Trinajstić information content (AvgIpc) is 3.39. The van der Waals surface area contributed by atoms with Gasteiger partial charge in [0.1, 0.15) is 11.4 Å². The Morgan fingerprint density at radius 2 is 1.75 bits per heavy atom. The summed E-state index contributed by atoms with van der Waals surface area (Å²) >= 11 is 12.3. The number of anilines is 3. The number of aromatic nitrogens is 2. The third-order valence-electron chi connectivity index (χ3n) is 7.07. The summed E-state index contributed by atoms with van der Waals surface area (Å²) in [6.07, 6.45) is 10.2. The molecule has 1 aromatic heterocycles. The monoisotopic (exact) mass is 584 g/mol. The first-order valence-corrected chi connectivity index (χ1v) is 14.8. The van der Waals surface area contributed by atoms with E-state index in [-0.39, 0.29) is 17.4 Å². The second-order valence-corrected chi connectivity index (χ2v) is 12.4. The van der Waals surface area contributed by atoms with E-state index in [1.165, 1.54) is 45.4 Å². The number of Topliss-reactive ketones (excluding diaryl/α,β-unsaturated/α-hetero) is 1. The van der Waals surface area contributed by atoms with Gasteiger partial charge < -0.3 is 15.4 Å². The predicted octanol–water partition coefficient (Wildman–Crippen LogP) is 9.14. The van der Waals surface area contributed by atoms with E-state index in [2.05, 4.69) is 20.8 Å². The molecule has 2 N–H and O–H groups in total. The van der Waals surface area contributed by atoms with E-state index in [9.17, 15) is 9.59 Å². The number of rotatable bonds is 11. The maximum Gasteiger partial charge on any atom is 0.224 e. The van der Waals surface area contributed by atoms with Crippen LogP contribution in [0.2, 0.25) is 10.0 Å². The minimum absolute atomic E-state index is 0.0771. The Morgan fingerprint density at radius 3 is 2.42 bits per heavy atom. The fraction of sp³-hybridized carbons (Fsp3) is 0.484. The molecule has 0 radical (unpaired) electrons. The van der Waals surface area contributed by atoms with Crippen LogP contribution in [0.3, 0.4) is 0 Å². The van der Waals surface area contributed by atoms with Gasteiger partial charge in [0.05, 0.1) is 26.9 Å². The number of hydrogen-bond donors (Lipinski definition) is 2. The first-order chi connectivity index (χ1) is 19.0. The topological polar surface area (TPSA) is 93.2 Å². The van der Waals surface area contributed by atoms with Crippen molar-refractivity contribution < 1.29 is 14.3 Å². The van der Waals surface area contributed by atoms with Crippen LogP contribution in [-0.4, -0.2) is 27.5 Å². The maximum absolute atomic E-state index is 13.0. The second-order valence-electron chi connectivity index (χ2n) is 11.6. The lowest BCUT2D eigenvalue weighted by Crippen LogP contribution is -2.24. The minimum atomic E-state index is -0.513. The van der Waals surface area contributed by atoms with Gasteiger partial charge in [-0.15, -0.1) is 10.2 Å². The maximum atomic E-state index is 13.0. The summed E-state index contributed by atoms with van der Waals surface area (Å²) in [6, 6.07) is 8.64. The number of hydrogen-bond acceptors (Lipinski definition) is 6. The van der Waals surface area contributed by atoms with Crippen LogP contribution in [0.1, 0.15) is 96.0 Å². The van der Waals surface area contributed by atoms with Crippen molar-refractivity contribution in [3.63, 3.8) is 0 Å². The van der Waals surface area contributed by atoms with Crippen molar-refractivity contribution in [3.05, 3.63) is 46.1 Å². The van der Waals surface area contributed by atoms with Crippen molar-refractivity contribution in [2.24, 2.45) is 5.92 Å². The fourth-order valence-corrected chi connectivity index (χ4v) is 5.44. The van der Waals surface area contributed by atoms with Crippen molar-refractivity contribution >= 4 is 62.9 Å². The molecule has 3 aromatic rings. The van der Waals surface area contributed by atoms with Crippen LogP contribution in [-0.2, 0) is 4.79 Å². The molecule has 0 saturated heterocycles. The van der Waals surface area contributed by atoms with Crippen LogP contribution in [0.4, 0.5) is 17.1 Å². The zero-order chi connectivity index (χ0) is 28.9. The summed E-state index contributed by atoms with van der Waals surface area (Å²) in [6.45, 7) is 7.25. The molecule has 0 unspecified atom stereocenters. The van der Waals surface area contributed by atoms with Crippen molar-refractivity contribution in [2.45, 2.75) is 91.1 Å². The van der Waals surface area contributed by atoms with E-state index in [1.807, 2.05) is 20.8 Å². The second kappa shape index (κ2) is 13.2. The fourth-order valence-electron chi connectivity index (χ4n) is 5.14. The number of ether oxygens (including phenoxy) is 1. The van der Waals surface area contributed by atoms with Crippen LogP contribution in [0, 0.1) is 5.92 Å². The quantitative estimate of drug-likeness (QED) is 0.172. The van der Waals surface area contributed by atoms with Crippen molar-refractivity contribution in [1.82, 2.24) is 10.2 Å². The van der Waals surface area contributed by atoms with Gasteiger partial charge in [0.25, 0.3) is 0 Å². The Labute approximate surface area is 246 Å². The first kappa shape index (κ1) is 30.1. The summed E-state index contributed by atoms with van der Waals surface area (Å²) in [7, 11) is 0. The number of ketones is 1. The average molecular weight is 586 g/mol. The van der Waals surface area contributed by atoms with Crippen LogP contribution >= 0.6 is 23.2 Å². The third-order valence-corrected chi connectivity index (χ3v) is 7.80. The zero-order valence-electron chi connectivity index (χ0n) is 23.7. The van der Waals surface area contributed by atoms with Crippen LogP contribution in [0.15, 0.2) is 30.3 Å². The summed E-state index contributed by atoms with van der Waals surface area (Å²) in [4.78, 5) is 25.5. The molecule has 1 heterocycles. The third kappa shape index (κ3) is 8.07. The Hall–Kier alpha value is -2.90. The van der Waals surface area contributed by atoms with E-state index >= 15 is 0 Å². The smallest absolute Gasteiger partial charge is 0.224 e. The molecular formula is C31H38Cl2N4O3. The lowest BCUT2D eigenvalue weighted by atomic mass is 9.99. The number of halogens is 2. The number of fused-ring (bicyclic) bond motifs is 1. The number of benzene rings is 2. The van der Waals surface area contributed by atoms with Gasteiger partial charge in [-0.1, -0.05) is 68.1 Å². The number of carbonyl (C=O) groups is 2. The predicted molar refractivity (Wildman–Crippen MR) is 163 cm³/mol. The number of carbonyl (C=O) groups excluding carboxylic acids is 2. The van der Waals surface area contributed by atoms with Gasteiger partial charge in [0, 0.05) is 30.5 Å². The Bertz CT molecular complexity index is 1380. The first-order valence-electron chi connectivity index (χ1n) is 14.1. The van der Waals surface area contributed by atoms with E-state index in [4.69, 9.17) is 27.9 Å². The van der Waals surface area contributed by atoms with E-state index < -0.39 is 5.60 Å². The summed E-state index contributed by atoms with van der Waals surface area (Å²) in [5.74, 6) is 1.03. The number of nitrogens with zero attached hydrogens (tertiary/aromatic N) is 2. The molecule has 1 aliphatic rings. The lowest BCUT2D eigenvalue weighted by molar-refractivity contribution is -0.116. The van der Waals surface area contributed by atoms with Crippen molar-refractivity contribution in [3.8, 4) is 5.75 Å². The number of amides is 1. The highest BCUT2D eigenvalue weighted by Crippen LogP contribution is 2.38. The molecule has 0 aliphatic heterocycles. The number of unbranched alkanes of at least 4 members (excludes halogenated alkanes) is 2. The van der Waals surface area contributed by atoms with Crippen molar-refractivity contribution in [1.29, 1.82) is 0 Å². The van der Waals surface area contributed by atoms with Gasteiger partial charge in [-0.25, -0.2) is 0 Å². The molecule has 2 aromatic carbocycles. The lowest BCUT2D eigenvalue weighted by Gasteiger charge is -2.24. The normalized spacial score (nSPS) is 13.9. The molecule has 9 heteroatoms. The largest absolute Gasteiger partial charge is 0.486 e. The number of nitrogens with one attached hydrogen (secondary N) is 2. The summed E-state index contributed by atoms with van der Waals surface area (Å²) in [5.41, 5.74) is 1.77. The minimum Gasteiger partial charge on any atom is -0.486 e. The van der Waals surface area contributed by atoms with E-state index in [1.54, 1.807) is 30.3 Å². The van der Waals surface area contributed by atoms with Crippen LogP contribution in [0.25, 0.3) is 10.9 Å². The van der Waals surface area contributed by atoms with Crippen LogP contribution < -0.4 is 15.4 Å². The summed E-state index contributed by atoms with van der Waals surface area (Å²) < 4.78 is 6.20. The van der Waals surface area contributed by atoms with Crippen LogP contribution in [0.5, 0.6) is 5.75 Å². The van der Waals surface area contributed by atoms with Gasteiger partial charge in [-0.05, 0) is 57.4 Å². The Kier molecular flexibility index (Phi) is 9.90. The molecule has 4 rings (SSSR count). The Balaban J connectivity index is 1.61. The van der Waals surface area contributed by atoms with Crippen molar-refractivity contribution in [2.75, 3.05) is 10.6 Å². The summed E-state index contributed by atoms with van der Waals surface area (Å²) in [5, 5.41) is 16.2. The molecule has 40 heavy (non-hydrogen) atoms. The highest BCUT2D eigenvalue weighted by molar-refractivity contribution is 6.42. The Morgan fingerprint density at radius 1 is 1.00 bits per heavy atom. The van der Waals surface area contributed by atoms with E-state index in [0.717, 1.165) is 18.8 Å². The van der Waals surface area contributed by atoms with E-state index in [0.29, 0.717) is 50.2 Å². The van der Waals surface area contributed by atoms with Gasteiger partial charge >= 0.3 is 0 Å². The molecule has 0 atom stereocenters. The molecule has 1 fully saturated rings. The van der Waals surface area contributed by atoms with Gasteiger partial charge in [-0.3, -0.25) is 9.59 Å².